The minimum Gasteiger partial charge on any atom is -0.508 e. The molecule has 0 fully saturated rings. The Hall–Kier alpha value is -2.24. The van der Waals surface area contributed by atoms with E-state index in [-0.39, 0.29) is 27.5 Å². The van der Waals surface area contributed by atoms with Crippen LogP contribution in [0.25, 0.3) is 11.1 Å². The Balaban J connectivity index is 2.74. The number of aryl methyl sites for hydroxylation is 1. The predicted octanol–water partition coefficient (Wildman–Crippen LogP) is 6.98. The molecule has 6 heteroatoms. The number of ketones is 1. The van der Waals surface area contributed by atoms with Gasteiger partial charge in [-0.05, 0) is 63.8 Å². The zero-order chi connectivity index (χ0) is 23.0. The molecule has 3 nitrogen and oxygen atoms in total. The summed E-state index contributed by atoms with van der Waals surface area (Å²) in [6.45, 7) is 13.6. The summed E-state index contributed by atoms with van der Waals surface area (Å²) >= 11 is 5.69. The molecule has 162 valence electrons. The number of benzene rings is 1. The maximum atomic E-state index is 14.6. The van der Waals surface area contributed by atoms with Crippen LogP contribution in [0.1, 0.15) is 58.2 Å². The number of allylic oxidation sites excluding steroid dienone is 5. The van der Waals surface area contributed by atoms with Gasteiger partial charge in [0.2, 0.25) is 0 Å². The van der Waals surface area contributed by atoms with Crippen LogP contribution in [0.5, 0.6) is 0 Å². The lowest BCUT2D eigenvalue weighted by atomic mass is 9.80. The Kier molecular flexibility index (Phi) is 6.79. The van der Waals surface area contributed by atoms with Crippen LogP contribution in [0.2, 0.25) is 0 Å². The zero-order valence-corrected chi connectivity index (χ0v) is 18.9. The third kappa shape index (κ3) is 4.28. The molecule has 1 aliphatic heterocycles. The van der Waals surface area contributed by atoms with Crippen LogP contribution in [0.15, 0.2) is 53.3 Å². The van der Waals surface area contributed by atoms with Crippen LogP contribution < -0.4 is 0 Å². The molecule has 0 unspecified atom stereocenters. The summed E-state index contributed by atoms with van der Waals surface area (Å²) in [6, 6.07) is 4.85. The number of carbonyl (C=O) groups is 1. The van der Waals surface area contributed by atoms with Crippen LogP contribution in [-0.4, -0.2) is 22.1 Å². The summed E-state index contributed by atoms with van der Waals surface area (Å²) in [6.07, 6.45) is 1.80. The molecule has 0 spiro atoms. The highest BCUT2D eigenvalue weighted by Crippen LogP contribution is 2.42. The molecule has 2 rings (SSSR count). The topological polar surface area (TPSA) is 46.5 Å². The van der Waals surface area contributed by atoms with Gasteiger partial charge in [-0.3, -0.25) is 4.79 Å². The van der Waals surface area contributed by atoms with Crippen molar-refractivity contribution in [1.29, 1.82) is 0 Å². The van der Waals surface area contributed by atoms with Crippen molar-refractivity contribution in [2.45, 2.75) is 59.2 Å². The molecule has 0 amide bonds. The van der Waals surface area contributed by atoms with Crippen LogP contribution >= 0.6 is 11.6 Å². The van der Waals surface area contributed by atoms with Crippen molar-refractivity contribution in [2.24, 2.45) is 0 Å². The number of rotatable bonds is 5. The van der Waals surface area contributed by atoms with E-state index in [1.807, 2.05) is 6.92 Å². The minimum absolute atomic E-state index is 0.110. The molecule has 0 aliphatic carbocycles. The number of ether oxygens (including phenoxy) is 1. The molecule has 1 aliphatic rings. The SMILES string of the molecule is C=C(/C(F)=C(F)\C(Cl)=C/C)c1ccc(CC)c(C2=C(O)C(C)(C)OC(C)(C)C2=O)c1. The van der Waals surface area contributed by atoms with Gasteiger partial charge in [0, 0.05) is 5.57 Å². The van der Waals surface area contributed by atoms with E-state index in [1.54, 1.807) is 45.9 Å². The first kappa shape index (κ1) is 24.0. The number of hydrogen-bond acceptors (Lipinski definition) is 3. The van der Waals surface area contributed by atoms with Gasteiger partial charge in [0.25, 0.3) is 0 Å². The molecule has 0 aromatic heterocycles. The summed E-state index contributed by atoms with van der Waals surface area (Å²) in [7, 11) is 0. The molecule has 1 aromatic rings. The van der Waals surface area contributed by atoms with Crippen LogP contribution in [0.4, 0.5) is 8.78 Å². The standard InChI is InChI=1S/C24H27ClF2O3/c1-8-14-10-11-15(13(3)19(26)20(27)17(25)9-2)12-16(14)18-21(28)23(4,5)30-24(6,7)22(18)29/h9-12,28H,3,8H2,1-2,4-7H3/b17-9+,20-19-. The van der Waals surface area contributed by atoms with Crippen molar-refractivity contribution >= 4 is 28.5 Å². The van der Waals surface area contributed by atoms with Crippen molar-refractivity contribution in [3.05, 3.63) is 70.0 Å². The fourth-order valence-electron chi connectivity index (χ4n) is 3.49. The third-order valence-electron chi connectivity index (χ3n) is 5.12. The Morgan fingerprint density at radius 1 is 1.20 bits per heavy atom. The number of Topliss-reactive ketones (excluding diaryl/α,β-unsaturated/α-hetero) is 1. The Labute approximate surface area is 181 Å². The summed E-state index contributed by atoms with van der Waals surface area (Å²) in [5.74, 6) is -3.00. The van der Waals surface area contributed by atoms with Gasteiger partial charge in [0.15, 0.2) is 17.4 Å². The minimum atomic E-state index is -1.21. The molecule has 0 saturated carbocycles. The molecule has 1 aromatic carbocycles. The number of hydrogen-bond donors (Lipinski definition) is 1. The predicted molar refractivity (Wildman–Crippen MR) is 118 cm³/mol. The van der Waals surface area contributed by atoms with Gasteiger partial charge >= 0.3 is 0 Å². The van der Waals surface area contributed by atoms with E-state index in [9.17, 15) is 18.7 Å². The van der Waals surface area contributed by atoms with Gasteiger partial charge < -0.3 is 9.84 Å². The van der Waals surface area contributed by atoms with Gasteiger partial charge in [0.05, 0.1) is 10.6 Å². The Bertz CT molecular complexity index is 998. The summed E-state index contributed by atoms with van der Waals surface area (Å²) in [5, 5.41) is 10.5. The van der Waals surface area contributed by atoms with Gasteiger partial charge in [-0.2, -0.15) is 0 Å². The van der Waals surface area contributed by atoms with Crippen molar-refractivity contribution in [3.8, 4) is 0 Å². The van der Waals surface area contributed by atoms with Gasteiger partial charge in [-0.1, -0.05) is 43.3 Å². The van der Waals surface area contributed by atoms with Gasteiger partial charge in [-0.15, -0.1) is 0 Å². The zero-order valence-electron chi connectivity index (χ0n) is 18.1. The van der Waals surface area contributed by atoms with Crippen LogP contribution in [0, 0.1) is 0 Å². The van der Waals surface area contributed by atoms with E-state index in [4.69, 9.17) is 16.3 Å². The quantitative estimate of drug-likeness (QED) is 0.506. The normalized spacial score (nSPS) is 19.6. The molecular formula is C24H27ClF2O3. The first-order chi connectivity index (χ1) is 13.8. The first-order valence-corrected chi connectivity index (χ1v) is 10.0. The largest absolute Gasteiger partial charge is 0.508 e. The summed E-state index contributed by atoms with van der Waals surface area (Å²) < 4.78 is 34.6. The fourth-order valence-corrected chi connectivity index (χ4v) is 3.57. The Morgan fingerprint density at radius 2 is 1.80 bits per heavy atom. The van der Waals surface area contributed by atoms with E-state index in [0.717, 1.165) is 5.56 Å². The van der Waals surface area contributed by atoms with E-state index in [1.165, 1.54) is 13.0 Å². The van der Waals surface area contributed by atoms with Crippen molar-refractivity contribution < 1.29 is 23.4 Å². The van der Waals surface area contributed by atoms with Crippen molar-refractivity contribution in [3.63, 3.8) is 0 Å². The Morgan fingerprint density at radius 3 is 2.33 bits per heavy atom. The second kappa shape index (κ2) is 8.48. The lowest BCUT2D eigenvalue weighted by Crippen LogP contribution is -2.49. The van der Waals surface area contributed by atoms with Crippen LogP contribution in [-0.2, 0) is 16.0 Å². The number of carbonyl (C=O) groups excluding carboxylic acids is 1. The number of aliphatic hydroxyl groups excluding tert-OH is 1. The summed E-state index contributed by atoms with van der Waals surface area (Å²) in [5.41, 5.74) is -0.889. The number of aliphatic hydroxyl groups is 1. The van der Waals surface area contributed by atoms with E-state index >= 15 is 0 Å². The lowest BCUT2D eigenvalue weighted by Gasteiger charge is -2.40. The molecule has 0 saturated heterocycles. The molecule has 30 heavy (non-hydrogen) atoms. The van der Waals surface area contributed by atoms with E-state index < -0.39 is 28.6 Å². The highest BCUT2D eigenvalue weighted by Gasteiger charge is 2.47. The molecule has 0 atom stereocenters. The highest BCUT2D eigenvalue weighted by atomic mass is 35.5. The van der Waals surface area contributed by atoms with Crippen LogP contribution in [0.3, 0.4) is 0 Å². The molecule has 1 heterocycles. The maximum absolute atomic E-state index is 14.6. The monoisotopic (exact) mass is 436 g/mol. The second-order valence-corrected chi connectivity index (χ2v) is 8.55. The third-order valence-corrected chi connectivity index (χ3v) is 5.50. The molecule has 0 bridgehead atoms. The smallest absolute Gasteiger partial charge is 0.198 e. The van der Waals surface area contributed by atoms with Gasteiger partial charge in [0.1, 0.15) is 17.0 Å². The van der Waals surface area contributed by atoms with Crippen molar-refractivity contribution in [1.82, 2.24) is 0 Å². The van der Waals surface area contributed by atoms with Gasteiger partial charge in [-0.25, -0.2) is 8.78 Å². The van der Waals surface area contributed by atoms with Crippen molar-refractivity contribution in [2.75, 3.05) is 0 Å². The molecular weight excluding hydrogens is 410 g/mol. The second-order valence-electron chi connectivity index (χ2n) is 8.14. The van der Waals surface area contributed by atoms with E-state index in [0.29, 0.717) is 12.0 Å². The lowest BCUT2D eigenvalue weighted by molar-refractivity contribution is -0.158. The fraction of sp³-hybridized carbons (Fsp3) is 0.375. The maximum Gasteiger partial charge on any atom is 0.198 e. The average molecular weight is 437 g/mol. The molecule has 0 radical (unpaired) electrons. The summed E-state index contributed by atoms with van der Waals surface area (Å²) in [4.78, 5) is 13.1. The number of halogens is 3. The molecule has 1 N–H and O–H groups in total. The first-order valence-electron chi connectivity index (χ1n) is 9.67. The van der Waals surface area contributed by atoms with E-state index in [2.05, 4.69) is 6.58 Å². The average Bonchev–Trinajstić information content (AvgIpc) is 2.69. The highest BCUT2D eigenvalue weighted by molar-refractivity contribution is 6.31.